The first-order chi connectivity index (χ1) is 41.2. The van der Waals surface area contributed by atoms with Crippen molar-refractivity contribution in [1.82, 2.24) is 5.32 Å². The average molecular weight is 1190 g/mol. The summed E-state index contributed by atoms with van der Waals surface area (Å²) in [4.78, 5) is 25.1. The molecule has 0 aliphatic carbocycles. The van der Waals surface area contributed by atoms with Crippen molar-refractivity contribution in [2.45, 2.75) is 397 Å². The first kappa shape index (κ1) is 79.9. The molecule has 1 aliphatic heterocycles. The van der Waals surface area contributed by atoms with Crippen LogP contribution in [0.3, 0.4) is 0 Å². The van der Waals surface area contributed by atoms with E-state index >= 15 is 0 Å². The Morgan fingerprint density at radius 1 is 0.429 bits per heavy atom. The number of amides is 1. The van der Waals surface area contributed by atoms with Crippen LogP contribution < -0.4 is 5.32 Å². The highest BCUT2D eigenvalue weighted by Gasteiger charge is 2.44. The molecule has 6 N–H and O–H groups in total. The predicted molar refractivity (Wildman–Crippen MR) is 352 cm³/mol. The number of aliphatic hydroxyl groups is 5. The monoisotopic (exact) mass is 1190 g/mol. The summed E-state index contributed by atoms with van der Waals surface area (Å²) in [5, 5.41) is 54.5. The van der Waals surface area contributed by atoms with Crippen LogP contribution in [-0.2, 0) is 23.8 Å². The summed E-state index contributed by atoms with van der Waals surface area (Å²) in [5.41, 5.74) is 0. The molecular weight excluding hydrogens is 1050 g/mol. The highest BCUT2D eigenvalue weighted by atomic mass is 16.7. The number of rotatable bonds is 64. The summed E-state index contributed by atoms with van der Waals surface area (Å²) >= 11 is 0. The van der Waals surface area contributed by atoms with Crippen LogP contribution in [0.4, 0.5) is 0 Å². The van der Waals surface area contributed by atoms with Crippen molar-refractivity contribution >= 4 is 11.9 Å². The standard InChI is InChI=1S/C73H137NO10/c1-3-5-7-9-11-13-15-36-40-43-47-51-55-59-66(76)65(64-83-73-72(81)71(80)70(79)67(63-75)84-73)74-68(77)60-56-52-48-44-41-37-34-32-30-28-26-24-22-20-18-16-17-19-21-23-25-27-29-31-33-35-38-42-46-50-54-58-62-82-69(78)61-57-53-49-45-39-14-12-10-8-6-4-2/h10,12,19,21,55,59,65-67,70-73,75-76,79-81H,3-9,11,13-18,20,22-54,56-58,60-64H2,1-2H3,(H,74,77)/b12-10-,21-19-,59-55+. The van der Waals surface area contributed by atoms with Crippen LogP contribution in [0.15, 0.2) is 36.5 Å². The van der Waals surface area contributed by atoms with E-state index < -0.39 is 49.5 Å². The molecular formula is C73H137NO10. The van der Waals surface area contributed by atoms with E-state index in [1.54, 1.807) is 6.08 Å². The second-order valence-electron chi connectivity index (χ2n) is 25.3. The summed E-state index contributed by atoms with van der Waals surface area (Å²) < 4.78 is 16.7. The molecule has 0 aromatic heterocycles. The fourth-order valence-electron chi connectivity index (χ4n) is 11.5. The van der Waals surface area contributed by atoms with Gasteiger partial charge in [-0.1, -0.05) is 301 Å². The van der Waals surface area contributed by atoms with Crippen LogP contribution in [0.1, 0.15) is 354 Å². The van der Waals surface area contributed by atoms with Gasteiger partial charge in [0.05, 0.1) is 32.0 Å². The van der Waals surface area contributed by atoms with Gasteiger partial charge in [0.2, 0.25) is 5.91 Å². The number of unbranched alkanes of at least 4 members (excludes halogenated alkanes) is 46. The molecule has 1 heterocycles. The second-order valence-corrected chi connectivity index (χ2v) is 25.3. The van der Waals surface area contributed by atoms with Crippen LogP contribution in [0.5, 0.6) is 0 Å². The Bertz CT molecular complexity index is 1490. The SMILES string of the molecule is CCCC/C=C\CCCCCCCC(=O)OCCCCCCCCCCCCCC/C=C\CCCCCCCCCCCCCCCCCCC(=O)NC(COC1OC(CO)C(O)C(O)C1O)C(O)/C=C/CCCCCCCCCCCCC. The van der Waals surface area contributed by atoms with E-state index in [9.17, 15) is 35.1 Å². The third-order valence-corrected chi connectivity index (χ3v) is 17.2. The van der Waals surface area contributed by atoms with Crippen LogP contribution >= 0.6 is 0 Å². The van der Waals surface area contributed by atoms with E-state index in [0.29, 0.717) is 19.4 Å². The summed E-state index contributed by atoms with van der Waals surface area (Å²) in [6, 6.07) is -0.808. The van der Waals surface area contributed by atoms with Crippen molar-refractivity contribution in [2.24, 2.45) is 0 Å². The van der Waals surface area contributed by atoms with Gasteiger partial charge in [0.25, 0.3) is 0 Å². The van der Waals surface area contributed by atoms with Crippen LogP contribution in [0, 0.1) is 0 Å². The number of carbonyl (C=O) groups is 2. The van der Waals surface area contributed by atoms with Crippen molar-refractivity contribution in [3.8, 4) is 0 Å². The Kier molecular flexibility index (Phi) is 59.4. The molecule has 11 nitrogen and oxygen atoms in total. The number of ether oxygens (including phenoxy) is 3. The number of nitrogens with one attached hydrogen (secondary N) is 1. The van der Waals surface area contributed by atoms with E-state index in [4.69, 9.17) is 14.2 Å². The van der Waals surface area contributed by atoms with Gasteiger partial charge in [0.15, 0.2) is 6.29 Å². The minimum absolute atomic E-state index is 0.000288. The van der Waals surface area contributed by atoms with Gasteiger partial charge in [-0.25, -0.2) is 0 Å². The third kappa shape index (κ3) is 50.8. The molecule has 1 fully saturated rings. The van der Waals surface area contributed by atoms with Gasteiger partial charge in [-0.3, -0.25) is 9.59 Å². The van der Waals surface area contributed by atoms with E-state index in [0.717, 1.165) is 57.8 Å². The molecule has 1 amide bonds. The Labute approximate surface area is 517 Å². The smallest absolute Gasteiger partial charge is 0.305 e. The number of hydrogen-bond acceptors (Lipinski definition) is 10. The first-order valence-electron chi connectivity index (χ1n) is 36.3. The van der Waals surface area contributed by atoms with Crippen LogP contribution in [0.2, 0.25) is 0 Å². The van der Waals surface area contributed by atoms with Gasteiger partial charge >= 0.3 is 5.97 Å². The number of allylic oxidation sites excluding steroid dienone is 5. The van der Waals surface area contributed by atoms with Crippen molar-refractivity contribution in [3.05, 3.63) is 36.5 Å². The van der Waals surface area contributed by atoms with Crippen molar-refractivity contribution in [3.63, 3.8) is 0 Å². The maximum Gasteiger partial charge on any atom is 0.305 e. The Morgan fingerprint density at radius 3 is 1.18 bits per heavy atom. The van der Waals surface area contributed by atoms with E-state index in [2.05, 4.69) is 43.5 Å². The lowest BCUT2D eigenvalue weighted by Crippen LogP contribution is -2.60. The molecule has 1 rings (SSSR count). The second kappa shape index (κ2) is 62.5. The van der Waals surface area contributed by atoms with Crippen LogP contribution in [-0.4, -0.2) is 100 Å². The number of hydrogen-bond donors (Lipinski definition) is 6. The fourth-order valence-corrected chi connectivity index (χ4v) is 11.5. The quantitative estimate of drug-likeness (QED) is 0.0195. The van der Waals surface area contributed by atoms with Crippen LogP contribution in [0.25, 0.3) is 0 Å². The molecule has 0 aromatic rings. The predicted octanol–water partition coefficient (Wildman–Crippen LogP) is 18.6. The summed E-state index contributed by atoms with van der Waals surface area (Å²) in [6.45, 7) is 4.34. The molecule has 0 radical (unpaired) electrons. The molecule has 494 valence electrons. The number of carbonyl (C=O) groups excluding carboxylic acids is 2. The Morgan fingerprint density at radius 2 is 0.774 bits per heavy atom. The summed E-state index contributed by atoms with van der Waals surface area (Å²) in [7, 11) is 0. The number of aliphatic hydroxyl groups excluding tert-OH is 5. The van der Waals surface area contributed by atoms with Gasteiger partial charge in [0, 0.05) is 12.8 Å². The highest BCUT2D eigenvalue weighted by molar-refractivity contribution is 5.76. The zero-order chi connectivity index (χ0) is 60.9. The molecule has 0 bridgehead atoms. The molecule has 1 saturated heterocycles. The maximum atomic E-state index is 13.1. The molecule has 7 atom stereocenters. The molecule has 7 unspecified atom stereocenters. The lowest BCUT2D eigenvalue weighted by molar-refractivity contribution is -0.302. The third-order valence-electron chi connectivity index (χ3n) is 17.2. The van der Waals surface area contributed by atoms with Crippen molar-refractivity contribution < 1.29 is 49.3 Å². The zero-order valence-electron chi connectivity index (χ0n) is 54.9. The van der Waals surface area contributed by atoms with Gasteiger partial charge in [-0.05, 0) is 77.0 Å². The van der Waals surface area contributed by atoms with Crippen molar-refractivity contribution in [1.29, 1.82) is 0 Å². The highest BCUT2D eigenvalue weighted by Crippen LogP contribution is 2.23. The average Bonchev–Trinajstić information content (AvgIpc) is 3.67. The van der Waals surface area contributed by atoms with E-state index in [-0.39, 0.29) is 18.5 Å². The molecule has 84 heavy (non-hydrogen) atoms. The first-order valence-corrected chi connectivity index (χ1v) is 36.3. The summed E-state index contributed by atoms with van der Waals surface area (Å²) in [5.74, 6) is -0.177. The largest absolute Gasteiger partial charge is 0.466 e. The minimum Gasteiger partial charge on any atom is -0.466 e. The lowest BCUT2D eigenvalue weighted by Gasteiger charge is -2.40. The van der Waals surface area contributed by atoms with E-state index in [1.165, 1.54) is 270 Å². The minimum atomic E-state index is -1.57. The molecule has 0 aromatic carbocycles. The molecule has 0 saturated carbocycles. The topological polar surface area (TPSA) is 175 Å². The molecule has 1 aliphatic rings. The molecule has 0 spiro atoms. The zero-order valence-corrected chi connectivity index (χ0v) is 54.9. The van der Waals surface area contributed by atoms with Gasteiger partial charge in [0.1, 0.15) is 24.4 Å². The maximum absolute atomic E-state index is 13.1. The summed E-state index contributed by atoms with van der Waals surface area (Å²) in [6.07, 6.45) is 70.0. The Hall–Kier alpha value is -2.12. The Balaban J connectivity index is 1.96. The lowest BCUT2D eigenvalue weighted by atomic mass is 9.99. The number of esters is 1. The fraction of sp³-hybridized carbons (Fsp3) is 0.890. The van der Waals surface area contributed by atoms with Gasteiger partial charge in [-0.15, -0.1) is 0 Å². The van der Waals surface area contributed by atoms with Gasteiger partial charge in [-0.2, -0.15) is 0 Å². The van der Waals surface area contributed by atoms with Crippen molar-refractivity contribution in [2.75, 3.05) is 19.8 Å². The normalized spacial score (nSPS) is 18.2. The van der Waals surface area contributed by atoms with Gasteiger partial charge < -0.3 is 45.1 Å². The molecule has 11 heteroatoms. The van der Waals surface area contributed by atoms with E-state index in [1.807, 2.05) is 6.08 Å².